The van der Waals surface area contributed by atoms with Gasteiger partial charge in [-0.05, 0) is 42.5 Å². The maximum absolute atomic E-state index is 11.1. The minimum atomic E-state index is -0.897. The lowest BCUT2D eigenvalue weighted by atomic mass is 9.95. The van der Waals surface area contributed by atoms with Crippen LogP contribution in [-0.4, -0.2) is 69.8 Å². The summed E-state index contributed by atoms with van der Waals surface area (Å²) in [6.07, 6.45) is 5.80. The molecule has 228 valence electrons. The number of carbonyl (C=O) groups is 1. The quantitative estimate of drug-likeness (QED) is 0.204. The lowest BCUT2D eigenvalue weighted by Crippen LogP contribution is -2.47. The van der Waals surface area contributed by atoms with Crippen molar-refractivity contribution in [3.05, 3.63) is 113 Å². The highest BCUT2D eigenvalue weighted by Crippen LogP contribution is 2.27. The molecule has 0 atom stereocenters. The Balaban J connectivity index is 0.000000206. The first-order chi connectivity index (χ1) is 21.4. The number of allylic oxidation sites excluding steroid dienone is 1. The number of carboxylic acid groups (broad SMARTS) is 1. The molecular weight excluding hydrogens is 568 g/mol. The summed E-state index contributed by atoms with van der Waals surface area (Å²) in [5.41, 5.74) is 12.2. The summed E-state index contributed by atoms with van der Waals surface area (Å²) in [5, 5.41) is 15.0. The van der Waals surface area contributed by atoms with Crippen LogP contribution in [0.25, 0.3) is 21.8 Å². The molecule has 1 saturated heterocycles. The van der Waals surface area contributed by atoms with Gasteiger partial charge in [0.25, 0.3) is 0 Å². The van der Waals surface area contributed by atoms with Crippen molar-refractivity contribution in [3.63, 3.8) is 0 Å². The zero-order chi connectivity index (χ0) is 30.9. The third-order valence-corrected chi connectivity index (χ3v) is 8.78. The standard InChI is InChI=1S/C22H23N5S.C13H17NO2/c1-3-7-18(8-4-1)11-12-25-13-15-26(16-14-25)22-24-27-17-20(23-21(27)28-22)19-9-5-2-6-10-19;1-3-10(6-7-14)12-8-9(2)4-5-11(12)13(15)16/h1-10,17H,11-16H2;4-6,8H,3,7,14H2,1-2H3,(H,15,16)/b;10-6+. The van der Waals surface area contributed by atoms with Crippen LogP contribution in [0.4, 0.5) is 5.13 Å². The van der Waals surface area contributed by atoms with E-state index >= 15 is 0 Å². The Morgan fingerprint density at radius 3 is 2.32 bits per heavy atom. The van der Waals surface area contributed by atoms with Gasteiger partial charge in [0.05, 0.1) is 17.5 Å². The fourth-order valence-corrected chi connectivity index (χ4v) is 6.29. The number of rotatable bonds is 9. The monoisotopic (exact) mass is 608 g/mol. The average Bonchev–Trinajstić information content (AvgIpc) is 3.64. The smallest absolute Gasteiger partial charge is 0.336 e. The van der Waals surface area contributed by atoms with Gasteiger partial charge in [0.15, 0.2) is 0 Å². The second-order valence-corrected chi connectivity index (χ2v) is 11.8. The van der Waals surface area contributed by atoms with E-state index < -0.39 is 5.97 Å². The minimum absolute atomic E-state index is 0.340. The molecule has 1 fully saturated rings. The van der Waals surface area contributed by atoms with Gasteiger partial charge in [-0.15, -0.1) is 5.10 Å². The number of aromatic nitrogens is 3. The highest BCUT2D eigenvalue weighted by molar-refractivity contribution is 7.20. The molecule has 3 N–H and O–H groups in total. The molecule has 9 heteroatoms. The fraction of sp³-hybridized carbons (Fsp3) is 0.286. The molecular formula is C35H40N6O2S. The summed E-state index contributed by atoms with van der Waals surface area (Å²) in [4.78, 5) is 21.8. The van der Waals surface area contributed by atoms with E-state index in [1.807, 2.05) is 61.0 Å². The second kappa shape index (κ2) is 14.9. The number of nitrogens with two attached hydrogens (primary N) is 1. The van der Waals surface area contributed by atoms with Crippen LogP contribution in [-0.2, 0) is 6.42 Å². The summed E-state index contributed by atoms with van der Waals surface area (Å²) in [6, 6.07) is 26.4. The van der Waals surface area contributed by atoms with Crippen LogP contribution in [0.3, 0.4) is 0 Å². The number of fused-ring (bicyclic) bond motifs is 1. The number of benzene rings is 3. The number of aromatic carboxylic acids is 1. The molecule has 0 radical (unpaired) electrons. The van der Waals surface area contributed by atoms with Gasteiger partial charge in [0.2, 0.25) is 10.1 Å². The van der Waals surface area contributed by atoms with Gasteiger partial charge in [-0.1, -0.05) is 103 Å². The van der Waals surface area contributed by atoms with Crippen LogP contribution in [0.2, 0.25) is 0 Å². The molecule has 3 heterocycles. The molecule has 0 amide bonds. The molecule has 0 saturated carbocycles. The van der Waals surface area contributed by atoms with Crippen molar-refractivity contribution in [3.8, 4) is 11.3 Å². The molecule has 44 heavy (non-hydrogen) atoms. The Bertz CT molecular complexity index is 1660. The highest BCUT2D eigenvalue weighted by Gasteiger charge is 2.21. The maximum Gasteiger partial charge on any atom is 0.336 e. The first-order valence-electron chi connectivity index (χ1n) is 15.1. The number of anilines is 1. The average molecular weight is 609 g/mol. The largest absolute Gasteiger partial charge is 0.478 e. The van der Waals surface area contributed by atoms with Gasteiger partial charge in [-0.25, -0.2) is 14.3 Å². The van der Waals surface area contributed by atoms with Gasteiger partial charge in [-0.3, -0.25) is 4.90 Å². The number of hydrogen-bond acceptors (Lipinski definition) is 7. The van der Waals surface area contributed by atoms with E-state index in [0.717, 1.165) is 83.6 Å². The van der Waals surface area contributed by atoms with Crippen molar-refractivity contribution in [2.75, 3.05) is 44.2 Å². The third kappa shape index (κ3) is 7.79. The highest BCUT2D eigenvalue weighted by atomic mass is 32.1. The van der Waals surface area contributed by atoms with E-state index in [0.29, 0.717) is 12.1 Å². The molecule has 1 aliphatic rings. The van der Waals surface area contributed by atoms with Gasteiger partial charge in [-0.2, -0.15) is 0 Å². The zero-order valence-corrected chi connectivity index (χ0v) is 26.2. The van der Waals surface area contributed by atoms with E-state index in [1.54, 1.807) is 17.4 Å². The first-order valence-corrected chi connectivity index (χ1v) is 15.9. The summed E-state index contributed by atoms with van der Waals surface area (Å²) < 4.78 is 1.92. The molecule has 0 unspecified atom stereocenters. The molecule has 5 aromatic rings. The van der Waals surface area contributed by atoms with E-state index in [9.17, 15) is 4.79 Å². The Hall–Kier alpha value is -4.31. The number of hydrogen-bond donors (Lipinski definition) is 2. The predicted molar refractivity (Wildman–Crippen MR) is 181 cm³/mol. The van der Waals surface area contributed by atoms with E-state index in [1.165, 1.54) is 5.56 Å². The molecule has 2 aromatic heterocycles. The van der Waals surface area contributed by atoms with Gasteiger partial charge < -0.3 is 15.7 Å². The Morgan fingerprint density at radius 1 is 0.977 bits per heavy atom. The van der Waals surface area contributed by atoms with Crippen LogP contribution in [0, 0.1) is 6.92 Å². The SMILES string of the molecule is CC/C(=C\CN)c1cc(C)ccc1C(=O)O.c1ccc(CCN2CCN(c3nn4cc(-c5ccccc5)nc4s3)CC2)cc1. The van der Waals surface area contributed by atoms with Crippen LogP contribution < -0.4 is 10.6 Å². The Kier molecular flexibility index (Phi) is 10.6. The van der Waals surface area contributed by atoms with Crippen molar-refractivity contribution in [2.24, 2.45) is 5.73 Å². The van der Waals surface area contributed by atoms with Crippen LogP contribution in [0.15, 0.2) is 91.1 Å². The Morgan fingerprint density at radius 2 is 1.68 bits per heavy atom. The Labute approximate surface area is 263 Å². The predicted octanol–water partition coefficient (Wildman–Crippen LogP) is 6.27. The maximum atomic E-state index is 11.1. The van der Waals surface area contributed by atoms with Crippen LogP contribution in [0.1, 0.15) is 40.4 Å². The van der Waals surface area contributed by atoms with Crippen molar-refractivity contribution < 1.29 is 9.90 Å². The molecule has 0 bridgehead atoms. The van der Waals surface area contributed by atoms with Crippen LogP contribution >= 0.6 is 11.3 Å². The van der Waals surface area contributed by atoms with Gasteiger partial charge >= 0.3 is 5.97 Å². The van der Waals surface area contributed by atoms with Gasteiger partial charge in [0.1, 0.15) is 0 Å². The molecule has 0 spiro atoms. The third-order valence-electron chi connectivity index (χ3n) is 7.80. The van der Waals surface area contributed by atoms with Gasteiger partial charge in [0, 0.05) is 44.8 Å². The number of aryl methyl sites for hydroxylation is 1. The molecule has 8 nitrogen and oxygen atoms in total. The summed E-state index contributed by atoms with van der Waals surface area (Å²) in [7, 11) is 0. The number of piperazine rings is 1. The van der Waals surface area contributed by atoms with E-state index in [-0.39, 0.29) is 0 Å². The van der Waals surface area contributed by atoms with Crippen molar-refractivity contribution >= 4 is 33.0 Å². The first kappa shape index (κ1) is 31.1. The molecule has 0 aliphatic carbocycles. The summed E-state index contributed by atoms with van der Waals surface area (Å²) >= 11 is 1.68. The van der Waals surface area contributed by atoms with E-state index in [2.05, 4.69) is 52.3 Å². The van der Waals surface area contributed by atoms with Crippen molar-refractivity contribution in [1.82, 2.24) is 19.5 Å². The normalized spacial score (nSPS) is 14.0. The minimum Gasteiger partial charge on any atom is -0.478 e. The number of carboxylic acids is 1. The summed E-state index contributed by atoms with van der Waals surface area (Å²) in [6.45, 7) is 9.72. The molecule has 1 aliphatic heterocycles. The lowest BCUT2D eigenvalue weighted by Gasteiger charge is -2.34. The topological polar surface area (TPSA) is 100.0 Å². The second-order valence-electron chi connectivity index (χ2n) is 10.8. The number of nitrogens with zero attached hydrogens (tertiary/aromatic N) is 5. The molecule has 3 aromatic carbocycles. The summed E-state index contributed by atoms with van der Waals surface area (Å²) in [5.74, 6) is -0.897. The van der Waals surface area contributed by atoms with E-state index in [4.69, 9.17) is 20.9 Å². The zero-order valence-electron chi connectivity index (χ0n) is 25.4. The van der Waals surface area contributed by atoms with Crippen molar-refractivity contribution in [2.45, 2.75) is 26.7 Å². The lowest BCUT2D eigenvalue weighted by molar-refractivity contribution is 0.0696. The molecule has 6 rings (SSSR count). The van der Waals surface area contributed by atoms with Crippen molar-refractivity contribution in [1.29, 1.82) is 0 Å². The van der Waals surface area contributed by atoms with Crippen LogP contribution in [0.5, 0.6) is 0 Å². The number of imidazole rings is 1. The fourth-order valence-electron chi connectivity index (χ4n) is 5.36.